The molecule has 0 bridgehead atoms. The second-order valence-corrected chi connectivity index (χ2v) is 8.19. The summed E-state index contributed by atoms with van der Waals surface area (Å²) in [6.45, 7) is 5.95. The smallest absolute Gasteiger partial charge is 0.309 e. The Morgan fingerprint density at radius 2 is 1.90 bits per heavy atom. The lowest BCUT2D eigenvalue weighted by Gasteiger charge is -2.31. The van der Waals surface area contributed by atoms with Gasteiger partial charge in [0.2, 0.25) is 0 Å². The third-order valence-electron chi connectivity index (χ3n) is 5.99. The molecule has 2 aliphatic rings. The predicted octanol–water partition coefficient (Wildman–Crippen LogP) is 3.54. The second-order valence-electron chi connectivity index (χ2n) is 8.19. The molecule has 7 nitrogen and oxygen atoms in total. The van der Waals surface area contributed by atoms with E-state index in [2.05, 4.69) is 17.0 Å². The third kappa shape index (κ3) is 4.88. The highest BCUT2D eigenvalue weighted by atomic mass is 16.5. The van der Waals surface area contributed by atoms with Crippen molar-refractivity contribution in [2.45, 2.75) is 39.2 Å². The number of nitrogens with zero attached hydrogens (tertiary/aromatic N) is 3. The molecule has 4 rings (SSSR count). The molecule has 1 fully saturated rings. The van der Waals surface area contributed by atoms with Crippen LogP contribution < -0.4 is 0 Å². The fourth-order valence-electron chi connectivity index (χ4n) is 4.21. The lowest BCUT2D eigenvalue weighted by Crippen LogP contribution is -2.43. The summed E-state index contributed by atoms with van der Waals surface area (Å²) in [5.41, 5.74) is 3.09. The van der Waals surface area contributed by atoms with Crippen molar-refractivity contribution in [1.29, 1.82) is 0 Å². The number of rotatable bonds is 6. The van der Waals surface area contributed by atoms with E-state index in [1.54, 1.807) is 11.3 Å². The minimum Gasteiger partial charge on any atom is -0.467 e. The largest absolute Gasteiger partial charge is 0.467 e. The Hall–Kier alpha value is -2.93. The van der Waals surface area contributed by atoms with Crippen LogP contribution in [0.3, 0.4) is 0 Å². The molecule has 3 heterocycles. The summed E-state index contributed by atoms with van der Waals surface area (Å²) >= 11 is 0. The minimum atomic E-state index is -0.240. The average Bonchev–Trinajstić information content (AvgIpc) is 3.45. The summed E-state index contributed by atoms with van der Waals surface area (Å²) in [4.78, 5) is 27.3. The number of piperidine rings is 1. The maximum absolute atomic E-state index is 13.2. The van der Waals surface area contributed by atoms with Crippen LogP contribution in [-0.2, 0) is 14.3 Å². The van der Waals surface area contributed by atoms with E-state index in [4.69, 9.17) is 14.3 Å². The molecule has 0 N–H and O–H groups in total. The fraction of sp³-hybridized carbons (Fsp3) is 0.458. The number of benzene rings is 1. The van der Waals surface area contributed by atoms with Crippen LogP contribution in [0.1, 0.15) is 49.1 Å². The topological polar surface area (TPSA) is 75.3 Å². The number of likely N-dealkylation sites (tertiary alicyclic amines) is 1. The van der Waals surface area contributed by atoms with Gasteiger partial charge in [0.1, 0.15) is 11.8 Å². The Kier molecular flexibility index (Phi) is 6.51. The van der Waals surface area contributed by atoms with Crippen LogP contribution in [-0.4, -0.2) is 53.7 Å². The molecule has 0 aliphatic carbocycles. The summed E-state index contributed by atoms with van der Waals surface area (Å²) in [6, 6.07) is 11.7. The summed E-state index contributed by atoms with van der Waals surface area (Å²) in [7, 11) is 0. The molecule has 1 amide bonds. The van der Waals surface area contributed by atoms with E-state index >= 15 is 0 Å². The van der Waals surface area contributed by atoms with Gasteiger partial charge in [-0.15, -0.1) is 0 Å². The van der Waals surface area contributed by atoms with Crippen LogP contribution in [0, 0.1) is 12.8 Å². The van der Waals surface area contributed by atoms with Crippen LogP contribution in [0.5, 0.6) is 0 Å². The molecular weight excluding hydrogens is 394 g/mol. The highest BCUT2D eigenvalue weighted by Gasteiger charge is 2.36. The van der Waals surface area contributed by atoms with Crippen LogP contribution in [0.4, 0.5) is 0 Å². The fourth-order valence-corrected chi connectivity index (χ4v) is 4.21. The summed E-state index contributed by atoms with van der Waals surface area (Å²) < 4.78 is 10.8. The Labute approximate surface area is 182 Å². The number of aryl methyl sites for hydroxylation is 1. The molecule has 1 aromatic heterocycles. The van der Waals surface area contributed by atoms with Crippen molar-refractivity contribution in [3.63, 3.8) is 0 Å². The van der Waals surface area contributed by atoms with E-state index in [0.29, 0.717) is 39.0 Å². The van der Waals surface area contributed by atoms with Gasteiger partial charge in [-0.1, -0.05) is 29.8 Å². The van der Waals surface area contributed by atoms with Gasteiger partial charge >= 0.3 is 5.97 Å². The van der Waals surface area contributed by atoms with E-state index in [0.717, 1.165) is 17.0 Å². The Morgan fingerprint density at radius 3 is 2.55 bits per heavy atom. The molecule has 1 saturated heterocycles. The maximum Gasteiger partial charge on any atom is 0.309 e. The van der Waals surface area contributed by atoms with Crippen molar-refractivity contribution in [1.82, 2.24) is 9.91 Å². The lowest BCUT2D eigenvalue weighted by atomic mass is 9.97. The number of hydrogen-bond donors (Lipinski definition) is 0. The van der Waals surface area contributed by atoms with Gasteiger partial charge in [-0.2, -0.15) is 5.10 Å². The number of amides is 1. The van der Waals surface area contributed by atoms with Crippen molar-refractivity contribution in [3.05, 3.63) is 59.5 Å². The molecule has 7 heteroatoms. The van der Waals surface area contributed by atoms with Crippen molar-refractivity contribution in [2.24, 2.45) is 11.0 Å². The summed E-state index contributed by atoms with van der Waals surface area (Å²) in [6.07, 6.45) is 3.67. The number of carbonyl (C=O) groups excluding carboxylic acids is 2. The van der Waals surface area contributed by atoms with E-state index in [-0.39, 0.29) is 30.4 Å². The SMILES string of the molecule is CCOC(=O)C1CCN(CC(=O)N2N=C(c3ccc(C)cc3)C[C@@H]2c2ccco2)CC1. The van der Waals surface area contributed by atoms with Crippen molar-refractivity contribution < 1.29 is 18.7 Å². The third-order valence-corrected chi connectivity index (χ3v) is 5.99. The molecule has 2 aliphatic heterocycles. The molecule has 1 atom stereocenters. The first-order chi connectivity index (χ1) is 15.0. The average molecular weight is 424 g/mol. The number of hydrogen-bond acceptors (Lipinski definition) is 6. The van der Waals surface area contributed by atoms with Gasteiger partial charge in [0, 0.05) is 6.42 Å². The maximum atomic E-state index is 13.2. The molecule has 0 unspecified atom stereocenters. The Bertz CT molecular complexity index is 928. The molecule has 31 heavy (non-hydrogen) atoms. The predicted molar refractivity (Wildman–Crippen MR) is 116 cm³/mol. The van der Waals surface area contributed by atoms with Gasteiger partial charge < -0.3 is 9.15 Å². The number of ether oxygens (including phenoxy) is 1. The number of carbonyl (C=O) groups is 2. The zero-order valence-electron chi connectivity index (χ0n) is 18.1. The number of esters is 1. The molecular formula is C24H29N3O4. The lowest BCUT2D eigenvalue weighted by molar-refractivity contribution is -0.149. The minimum absolute atomic E-state index is 0.0573. The molecule has 1 aromatic carbocycles. The van der Waals surface area contributed by atoms with Crippen molar-refractivity contribution in [3.8, 4) is 0 Å². The number of hydrazone groups is 1. The molecule has 0 spiro atoms. The van der Waals surface area contributed by atoms with Crippen LogP contribution in [0.2, 0.25) is 0 Å². The second kappa shape index (κ2) is 9.47. The summed E-state index contributed by atoms with van der Waals surface area (Å²) in [5, 5.41) is 6.27. The number of furan rings is 1. The Morgan fingerprint density at radius 1 is 1.16 bits per heavy atom. The quantitative estimate of drug-likeness (QED) is 0.665. The van der Waals surface area contributed by atoms with Crippen molar-refractivity contribution in [2.75, 3.05) is 26.2 Å². The highest BCUT2D eigenvalue weighted by Crippen LogP contribution is 2.33. The molecule has 0 radical (unpaired) electrons. The van der Waals surface area contributed by atoms with Gasteiger partial charge in [0.05, 0.1) is 31.0 Å². The van der Waals surface area contributed by atoms with Gasteiger partial charge in [-0.3, -0.25) is 14.5 Å². The van der Waals surface area contributed by atoms with Gasteiger partial charge in [0.25, 0.3) is 5.91 Å². The van der Waals surface area contributed by atoms with Crippen LogP contribution >= 0.6 is 0 Å². The van der Waals surface area contributed by atoms with Crippen molar-refractivity contribution >= 4 is 17.6 Å². The zero-order chi connectivity index (χ0) is 21.8. The molecule has 0 saturated carbocycles. The first-order valence-corrected chi connectivity index (χ1v) is 10.9. The first-order valence-electron chi connectivity index (χ1n) is 10.9. The van der Waals surface area contributed by atoms with Gasteiger partial charge in [-0.25, -0.2) is 5.01 Å². The normalized spacial score (nSPS) is 20.0. The van der Waals surface area contributed by atoms with Crippen LogP contribution in [0.15, 0.2) is 52.2 Å². The van der Waals surface area contributed by atoms with E-state index in [1.165, 1.54) is 5.56 Å². The molecule has 2 aromatic rings. The van der Waals surface area contributed by atoms with Gasteiger partial charge in [-0.05, 0) is 57.5 Å². The first kappa shape index (κ1) is 21.3. The van der Waals surface area contributed by atoms with Crippen LogP contribution in [0.25, 0.3) is 0 Å². The van der Waals surface area contributed by atoms with E-state index in [9.17, 15) is 9.59 Å². The van der Waals surface area contributed by atoms with E-state index in [1.807, 2.05) is 38.1 Å². The monoisotopic (exact) mass is 423 g/mol. The Balaban J connectivity index is 1.44. The van der Waals surface area contributed by atoms with E-state index < -0.39 is 0 Å². The highest BCUT2D eigenvalue weighted by molar-refractivity contribution is 6.03. The zero-order valence-corrected chi connectivity index (χ0v) is 18.1. The van der Waals surface area contributed by atoms with Gasteiger partial charge in [0.15, 0.2) is 0 Å². The summed E-state index contributed by atoms with van der Waals surface area (Å²) in [5.74, 6) is 0.483. The standard InChI is InChI=1S/C24H29N3O4/c1-3-30-24(29)19-10-12-26(13-11-19)16-23(28)27-21(22-5-4-14-31-22)15-20(25-27)18-8-6-17(2)7-9-18/h4-9,14,19,21H,3,10-13,15-16H2,1-2H3/t21-/m1/s1. The molecule has 164 valence electrons.